The molecule has 3 aromatic rings. The number of hydrogen-bond acceptors (Lipinski definition) is 3. The normalized spacial score (nSPS) is 19.2. The van der Waals surface area contributed by atoms with E-state index < -0.39 is 0 Å². The van der Waals surface area contributed by atoms with E-state index in [0.29, 0.717) is 23.2 Å². The van der Waals surface area contributed by atoms with Crippen molar-refractivity contribution in [1.29, 1.82) is 0 Å². The minimum absolute atomic E-state index is 0.0905. The van der Waals surface area contributed by atoms with Gasteiger partial charge in [0.1, 0.15) is 0 Å². The van der Waals surface area contributed by atoms with Crippen LogP contribution >= 0.6 is 11.6 Å². The van der Waals surface area contributed by atoms with Crippen LogP contribution in [0.4, 0.5) is 5.69 Å². The standard InChI is InChI=1S/C25H27ClN4O/c1-2-30(25(31)20-8-3-4-9-22(20)26)19-10-11-23-21(16-19)24(28-27-23)17-12-14-29-13-6-5-7-18(29)15-17/h3-4,8-12,16,18H,2,5-7,13-15H2,1H3,(H,27,28). The van der Waals surface area contributed by atoms with Gasteiger partial charge < -0.3 is 4.90 Å². The first kappa shape index (κ1) is 20.3. The van der Waals surface area contributed by atoms with Crippen LogP contribution in [0.5, 0.6) is 0 Å². The highest BCUT2D eigenvalue weighted by Gasteiger charge is 2.28. The summed E-state index contributed by atoms with van der Waals surface area (Å²) in [5, 5.41) is 9.39. The molecule has 1 atom stereocenters. The molecule has 1 amide bonds. The van der Waals surface area contributed by atoms with Gasteiger partial charge in [-0.2, -0.15) is 5.10 Å². The molecule has 5 nitrogen and oxygen atoms in total. The van der Waals surface area contributed by atoms with Crippen LogP contribution in [0.2, 0.25) is 5.02 Å². The maximum Gasteiger partial charge on any atom is 0.259 e. The van der Waals surface area contributed by atoms with E-state index in [1.54, 1.807) is 17.0 Å². The summed E-state index contributed by atoms with van der Waals surface area (Å²) >= 11 is 6.29. The van der Waals surface area contributed by atoms with Gasteiger partial charge in [-0.25, -0.2) is 0 Å². The zero-order chi connectivity index (χ0) is 21.4. The minimum Gasteiger partial charge on any atom is -0.309 e. The Hall–Kier alpha value is -2.63. The number of H-pyrrole nitrogens is 1. The number of piperidine rings is 1. The Morgan fingerprint density at radius 3 is 2.97 bits per heavy atom. The average molecular weight is 435 g/mol. The molecule has 1 N–H and O–H groups in total. The summed E-state index contributed by atoms with van der Waals surface area (Å²) in [4.78, 5) is 17.6. The van der Waals surface area contributed by atoms with Crippen molar-refractivity contribution in [1.82, 2.24) is 15.1 Å². The molecular formula is C25H27ClN4O. The lowest BCUT2D eigenvalue weighted by molar-refractivity contribution is 0.0988. The zero-order valence-electron chi connectivity index (χ0n) is 17.8. The Morgan fingerprint density at radius 2 is 2.13 bits per heavy atom. The molecule has 160 valence electrons. The monoisotopic (exact) mass is 434 g/mol. The van der Waals surface area contributed by atoms with Crippen molar-refractivity contribution in [2.75, 3.05) is 24.5 Å². The highest BCUT2D eigenvalue weighted by Crippen LogP contribution is 2.35. The first-order valence-electron chi connectivity index (χ1n) is 11.1. The summed E-state index contributed by atoms with van der Waals surface area (Å²) < 4.78 is 0. The van der Waals surface area contributed by atoms with Gasteiger partial charge in [-0.3, -0.25) is 14.8 Å². The first-order valence-corrected chi connectivity index (χ1v) is 11.5. The van der Waals surface area contributed by atoms with Crippen LogP contribution in [-0.4, -0.2) is 46.7 Å². The van der Waals surface area contributed by atoms with Gasteiger partial charge in [-0.15, -0.1) is 0 Å². The summed E-state index contributed by atoms with van der Waals surface area (Å²) in [5.41, 5.74) is 4.70. The maximum absolute atomic E-state index is 13.2. The van der Waals surface area contributed by atoms with Gasteiger partial charge in [-0.05, 0) is 68.6 Å². The van der Waals surface area contributed by atoms with E-state index in [4.69, 9.17) is 11.6 Å². The second kappa shape index (κ2) is 8.48. The molecular weight excluding hydrogens is 408 g/mol. The number of aromatic amines is 1. The van der Waals surface area contributed by atoms with Crippen LogP contribution < -0.4 is 4.90 Å². The topological polar surface area (TPSA) is 52.2 Å². The lowest BCUT2D eigenvalue weighted by atomic mass is 9.90. The van der Waals surface area contributed by atoms with Crippen LogP contribution in [0.1, 0.15) is 48.7 Å². The highest BCUT2D eigenvalue weighted by molar-refractivity contribution is 6.34. The number of anilines is 1. The minimum atomic E-state index is -0.0905. The number of rotatable bonds is 4. The van der Waals surface area contributed by atoms with Crippen LogP contribution in [-0.2, 0) is 0 Å². The second-order valence-corrected chi connectivity index (χ2v) is 8.82. The molecule has 2 aliphatic heterocycles. The van der Waals surface area contributed by atoms with E-state index in [-0.39, 0.29) is 5.91 Å². The molecule has 31 heavy (non-hydrogen) atoms. The molecule has 0 radical (unpaired) electrons. The van der Waals surface area contributed by atoms with Crippen molar-refractivity contribution >= 4 is 39.7 Å². The van der Waals surface area contributed by atoms with E-state index in [2.05, 4.69) is 27.2 Å². The Labute approximate surface area is 187 Å². The largest absolute Gasteiger partial charge is 0.309 e. The number of carbonyl (C=O) groups is 1. The third-order valence-corrected chi connectivity index (χ3v) is 6.93. The molecule has 2 aromatic carbocycles. The Balaban J connectivity index is 1.49. The van der Waals surface area contributed by atoms with Gasteiger partial charge in [-0.1, -0.05) is 36.2 Å². The van der Waals surface area contributed by atoms with Gasteiger partial charge in [0.2, 0.25) is 0 Å². The van der Waals surface area contributed by atoms with Crippen molar-refractivity contribution in [3.63, 3.8) is 0 Å². The lowest BCUT2D eigenvalue weighted by Gasteiger charge is -2.38. The number of nitrogens with one attached hydrogen (secondary N) is 1. The smallest absolute Gasteiger partial charge is 0.259 e. The summed E-state index contributed by atoms with van der Waals surface area (Å²) in [6.07, 6.45) is 7.26. The molecule has 0 saturated carbocycles. The van der Waals surface area contributed by atoms with Gasteiger partial charge in [0.15, 0.2) is 0 Å². The van der Waals surface area contributed by atoms with Crippen LogP contribution in [0, 0.1) is 0 Å². The quantitative estimate of drug-likeness (QED) is 0.587. The summed E-state index contributed by atoms with van der Waals surface area (Å²) in [7, 11) is 0. The molecule has 1 saturated heterocycles. The summed E-state index contributed by atoms with van der Waals surface area (Å²) in [5.74, 6) is -0.0905. The maximum atomic E-state index is 13.2. The predicted octanol–water partition coefficient (Wildman–Crippen LogP) is 5.52. The Kier molecular flexibility index (Phi) is 5.55. The van der Waals surface area contributed by atoms with E-state index >= 15 is 0 Å². The Morgan fingerprint density at radius 1 is 1.26 bits per heavy atom. The van der Waals surface area contributed by atoms with Gasteiger partial charge >= 0.3 is 0 Å². The second-order valence-electron chi connectivity index (χ2n) is 8.41. The first-order chi connectivity index (χ1) is 15.2. The van der Waals surface area contributed by atoms with Crippen molar-refractivity contribution in [3.8, 4) is 0 Å². The Bertz CT molecular complexity index is 1150. The van der Waals surface area contributed by atoms with E-state index in [9.17, 15) is 4.79 Å². The van der Waals surface area contributed by atoms with E-state index in [1.807, 2.05) is 31.2 Å². The number of aromatic nitrogens is 2. The van der Waals surface area contributed by atoms with Crippen LogP contribution in [0.25, 0.3) is 16.5 Å². The number of amides is 1. The molecule has 0 bridgehead atoms. The number of carbonyl (C=O) groups excluding carboxylic acids is 1. The molecule has 2 aliphatic rings. The predicted molar refractivity (Wildman–Crippen MR) is 127 cm³/mol. The molecule has 5 rings (SSSR count). The molecule has 0 aliphatic carbocycles. The van der Waals surface area contributed by atoms with Crippen LogP contribution in [0.3, 0.4) is 0 Å². The zero-order valence-corrected chi connectivity index (χ0v) is 18.5. The third kappa shape index (κ3) is 3.77. The average Bonchev–Trinajstić information content (AvgIpc) is 3.23. The number of nitrogens with zero attached hydrogens (tertiary/aromatic N) is 3. The highest BCUT2D eigenvalue weighted by atomic mass is 35.5. The van der Waals surface area contributed by atoms with Gasteiger partial charge in [0, 0.05) is 30.2 Å². The fourth-order valence-electron chi connectivity index (χ4n) is 4.93. The molecule has 1 unspecified atom stereocenters. The fraction of sp³-hybridized carbons (Fsp3) is 0.360. The lowest BCUT2D eigenvalue weighted by Crippen LogP contribution is -2.41. The third-order valence-electron chi connectivity index (χ3n) is 6.60. The number of hydrogen-bond donors (Lipinski definition) is 1. The van der Waals surface area contributed by atoms with Gasteiger partial charge in [0.05, 0.1) is 21.8 Å². The molecule has 3 heterocycles. The van der Waals surface area contributed by atoms with Crippen molar-refractivity contribution in [2.45, 2.75) is 38.6 Å². The van der Waals surface area contributed by atoms with E-state index in [1.165, 1.54) is 31.4 Å². The van der Waals surface area contributed by atoms with Gasteiger partial charge in [0.25, 0.3) is 5.91 Å². The SMILES string of the molecule is CCN(C(=O)c1ccccc1Cl)c1ccc2[nH]nc(C3=CCN4CCCCC4C3)c2c1. The van der Waals surface area contributed by atoms with E-state index in [0.717, 1.165) is 35.2 Å². The summed E-state index contributed by atoms with van der Waals surface area (Å²) in [6, 6.07) is 13.9. The molecule has 6 heteroatoms. The van der Waals surface area contributed by atoms with Crippen molar-refractivity contribution < 1.29 is 4.79 Å². The fourth-order valence-corrected chi connectivity index (χ4v) is 5.14. The molecule has 1 fully saturated rings. The summed E-state index contributed by atoms with van der Waals surface area (Å²) in [6.45, 7) is 4.74. The number of benzene rings is 2. The van der Waals surface area contributed by atoms with Crippen molar-refractivity contribution in [3.05, 3.63) is 64.8 Å². The number of fused-ring (bicyclic) bond motifs is 2. The molecule has 0 spiro atoms. The van der Waals surface area contributed by atoms with Crippen LogP contribution in [0.15, 0.2) is 48.5 Å². The number of halogens is 1. The van der Waals surface area contributed by atoms with Crippen molar-refractivity contribution in [2.24, 2.45) is 0 Å². The molecule has 1 aromatic heterocycles.